The maximum absolute atomic E-state index is 11.7. The second-order valence-corrected chi connectivity index (χ2v) is 4.41. The van der Waals surface area contributed by atoms with Crippen LogP contribution < -0.4 is 11.1 Å². The van der Waals surface area contributed by atoms with Crippen molar-refractivity contribution in [1.29, 1.82) is 0 Å². The van der Waals surface area contributed by atoms with Crippen molar-refractivity contribution in [2.75, 3.05) is 12.8 Å². The van der Waals surface area contributed by atoms with Gasteiger partial charge in [0, 0.05) is 12.5 Å². The Balaban J connectivity index is 3.12. The Bertz CT molecular complexity index is 546. The molecule has 3 N–H and O–H groups in total. The van der Waals surface area contributed by atoms with Crippen LogP contribution in [0.3, 0.4) is 0 Å². The molecule has 1 aromatic carbocycles. The van der Waals surface area contributed by atoms with Crippen molar-refractivity contribution in [3.05, 3.63) is 33.9 Å². The molecule has 0 fully saturated rings. The fraction of sp³-hybridized carbons (Fsp3) is 0.333. The predicted octanol–water partition coefficient (Wildman–Crippen LogP) is 0.397. The van der Waals surface area contributed by atoms with E-state index < -0.39 is 16.4 Å². The molecular weight excluding hydrogens is 266 g/mol. The predicted molar refractivity (Wildman–Crippen MR) is 70.8 cm³/mol. The quantitative estimate of drug-likeness (QED) is 0.255. The van der Waals surface area contributed by atoms with E-state index in [2.05, 4.69) is 10.1 Å². The summed E-state index contributed by atoms with van der Waals surface area (Å²) in [6.45, 7) is 1.47. The molecule has 1 atom stereocenters. The highest BCUT2D eigenvalue weighted by Gasteiger charge is 2.34. The number of nitrogens with one attached hydrogen (secondary N) is 1. The van der Waals surface area contributed by atoms with Crippen LogP contribution >= 0.6 is 0 Å². The Labute approximate surface area is 115 Å². The molecule has 0 aliphatic carbocycles. The summed E-state index contributed by atoms with van der Waals surface area (Å²) in [5.41, 5.74) is 4.45. The number of nitrogen functional groups attached to an aromatic ring is 1. The van der Waals surface area contributed by atoms with Gasteiger partial charge in [-0.1, -0.05) is 6.07 Å². The van der Waals surface area contributed by atoms with Gasteiger partial charge in [0.25, 0.3) is 5.69 Å². The molecule has 108 valence electrons. The molecule has 0 saturated carbocycles. The Morgan fingerprint density at radius 3 is 2.75 bits per heavy atom. The minimum atomic E-state index is -1.31. The van der Waals surface area contributed by atoms with Crippen molar-refractivity contribution >= 4 is 23.8 Å². The lowest BCUT2D eigenvalue weighted by Crippen LogP contribution is -2.51. The Hall–Kier alpha value is -2.64. The van der Waals surface area contributed by atoms with Gasteiger partial charge < -0.3 is 15.8 Å². The second kappa shape index (κ2) is 6.00. The average Bonchev–Trinajstić information content (AvgIpc) is 2.40. The summed E-state index contributed by atoms with van der Waals surface area (Å²) >= 11 is 0. The van der Waals surface area contributed by atoms with Crippen LogP contribution in [0.4, 0.5) is 11.4 Å². The molecule has 0 saturated heterocycles. The molecular formula is C12H15N3O5. The molecule has 1 amide bonds. The van der Waals surface area contributed by atoms with E-state index in [0.717, 1.165) is 0 Å². The van der Waals surface area contributed by atoms with Crippen molar-refractivity contribution in [2.45, 2.75) is 18.9 Å². The molecule has 0 spiro atoms. The van der Waals surface area contributed by atoms with Gasteiger partial charge in [0.1, 0.15) is 11.2 Å². The molecule has 8 heteroatoms. The van der Waals surface area contributed by atoms with Gasteiger partial charge in [-0.05, 0) is 18.6 Å². The highest BCUT2D eigenvalue weighted by Crippen LogP contribution is 2.25. The number of amides is 1. The lowest BCUT2D eigenvalue weighted by molar-refractivity contribution is -0.384. The first-order chi connectivity index (χ1) is 9.34. The molecule has 20 heavy (non-hydrogen) atoms. The lowest BCUT2D eigenvalue weighted by Gasteiger charge is -2.25. The first-order valence-corrected chi connectivity index (χ1v) is 5.66. The zero-order valence-corrected chi connectivity index (χ0v) is 11.1. The summed E-state index contributed by atoms with van der Waals surface area (Å²) in [5, 5.41) is 13.2. The topological polar surface area (TPSA) is 125 Å². The molecule has 1 rings (SSSR count). The van der Waals surface area contributed by atoms with Gasteiger partial charge in [-0.25, -0.2) is 4.79 Å². The highest BCUT2D eigenvalue weighted by atomic mass is 16.6. The maximum Gasteiger partial charge on any atom is 0.331 e. The zero-order chi connectivity index (χ0) is 15.3. The number of nitrogens with zero attached hydrogens (tertiary/aromatic N) is 1. The monoisotopic (exact) mass is 281 g/mol. The van der Waals surface area contributed by atoms with E-state index in [4.69, 9.17) is 5.73 Å². The number of ether oxygens (including phenoxy) is 1. The molecule has 0 aliphatic heterocycles. The number of rotatable bonds is 6. The van der Waals surface area contributed by atoms with Crippen LogP contribution in [0, 0.1) is 10.1 Å². The number of anilines is 1. The van der Waals surface area contributed by atoms with E-state index >= 15 is 0 Å². The SMILES string of the molecule is COC(=O)[C@](C)(Cc1ccc(N)c([N+](=O)[O-])c1)NC=O. The highest BCUT2D eigenvalue weighted by molar-refractivity contribution is 5.83. The minimum absolute atomic E-state index is 0.0295. The third kappa shape index (κ3) is 3.22. The maximum atomic E-state index is 11.7. The number of nitro groups is 1. The number of benzene rings is 1. The van der Waals surface area contributed by atoms with Gasteiger partial charge in [0.15, 0.2) is 0 Å². The van der Waals surface area contributed by atoms with Crippen molar-refractivity contribution in [3.8, 4) is 0 Å². The van der Waals surface area contributed by atoms with Gasteiger partial charge in [-0.2, -0.15) is 0 Å². The van der Waals surface area contributed by atoms with Crippen LogP contribution in [0.15, 0.2) is 18.2 Å². The van der Waals surface area contributed by atoms with Crippen molar-refractivity contribution in [3.63, 3.8) is 0 Å². The number of hydrogen-bond acceptors (Lipinski definition) is 6. The fourth-order valence-electron chi connectivity index (χ4n) is 1.80. The van der Waals surface area contributed by atoms with Gasteiger partial charge >= 0.3 is 5.97 Å². The van der Waals surface area contributed by atoms with Crippen LogP contribution in [-0.4, -0.2) is 30.0 Å². The van der Waals surface area contributed by atoms with Crippen LogP contribution in [0.1, 0.15) is 12.5 Å². The molecule has 0 radical (unpaired) electrons. The molecule has 0 aromatic heterocycles. The number of carbonyl (C=O) groups is 2. The number of nitrogens with two attached hydrogens (primary N) is 1. The summed E-state index contributed by atoms with van der Waals surface area (Å²) in [5.74, 6) is -0.649. The third-order valence-electron chi connectivity index (χ3n) is 2.86. The lowest BCUT2D eigenvalue weighted by atomic mass is 9.92. The zero-order valence-electron chi connectivity index (χ0n) is 11.1. The van der Waals surface area contributed by atoms with E-state index in [1.165, 1.54) is 26.2 Å². The first-order valence-electron chi connectivity index (χ1n) is 5.66. The normalized spacial score (nSPS) is 13.1. The van der Waals surface area contributed by atoms with Crippen molar-refractivity contribution in [1.82, 2.24) is 5.32 Å². The Morgan fingerprint density at radius 2 is 2.25 bits per heavy atom. The van der Waals surface area contributed by atoms with E-state index in [1.807, 2.05) is 0 Å². The molecule has 0 heterocycles. The van der Waals surface area contributed by atoms with Gasteiger partial charge in [-0.3, -0.25) is 14.9 Å². The van der Waals surface area contributed by atoms with Crippen LogP contribution in [-0.2, 0) is 20.7 Å². The van der Waals surface area contributed by atoms with E-state index in [0.29, 0.717) is 12.0 Å². The third-order valence-corrected chi connectivity index (χ3v) is 2.86. The first kappa shape index (κ1) is 15.4. The van der Waals surface area contributed by atoms with Crippen molar-refractivity contribution in [2.24, 2.45) is 0 Å². The number of methoxy groups -OCH3 is 1. The van der Waals surface area contributed by atoms with Crippen LogP contribution in [0.25, 0.3) is 0 Å². The Morgan fingerprint density at radius 1 is 1.60 bits per heavy atom. The summed E-state index contributed by atoms with van der Waals surface area (Å²) in [7, 11) is 1.19. The standard InChI is InChI=1S/C12H15N3O5/c1-12(14-7-16,11(17)20-2)6-8-3-4-9(13)10(5-8)15(18)19/h3-5,7H,6,13H2,1-2H3,(H,14,16)/t12-/m0/s1. The summed E-state index contributed by atoms with van der Waals surface area (Å²) < 4.78 is 4.62. The average molecular weight is 281 g/mol. The van der Waals surface area contributed by atoms with Crippen LogP contribution in [0.5, 0.6) is 0 Å². The Kier molecular flexibility index (Phi) is 4.63. The summed E-state index contributed by atoms with van der Waals surface area (Å²) in [6.07, 6.45) is 0.419. The summed E-state index contributed by atoms with van der Waals surface area (Å²) in [4.78, 5) is 32.5. The summed E-state index contributed by atoms with van der Waals surface area (Å²) in [6, 6.07) is 4.20. The molecule has 8 nitrogen and oxygen atoms in total. The smallest absolute Gasteiger partial charge is 0.331 e. The second-order valence-electron chi connectivity index (χ2n) is 4.41. The van der Waals surface area contributed by atoms with E-state index in [1.54, 1.807) is 6.07 Å². The largest absolute Gasteiger partial charge is 0.467 e. The number of esters is 1. The van der Waals surface area contributed by atoms with E-state index in [9.17, 15) is 19.7 Å². The number of nitro benzene ring substituents is 1. The molecule has 1 aromatic rings. The molecule has 0 unspecified atom stereocenters. The van der Waals surface area contributed by atoms with Gasteiger partial charge in [-0.15, -0.1) is 0 Å². The van der Waals surface area contributed by atoms with Crippen molar-refractivity contribution < 1.29 is 19.2 Å². The number of hydrogen-bond donors (Lipinski definition) is 2. The van der Waals surface area contributed by atoms with Gasteiger partial charge in [0.05, 0.1) is 12.0 Å². The number of carbonyl (C=O) groups excluding carboxylic acids is 2. The van der Waals surface area contributed by atoms with Crippen LogP contribution in [0.2, 0.25) is 0 Å². The van der Waals surface area contributed by atoms with Gasteiger partial charge in [0.2, 0.25) is 6.41 Å². The minimum Gasteiger partial charge on any atom is -0.467 e. The molecule has 0 aliphatic rings. The van der Waals surface area contributed by atoms with E-state index in [-0.39, 0.29) is 17.8 Å². The fourth-order valence-corrected chi connectivity index (χ4v) is 1.80. The molecule has 0 bridgehead atoms.